The Bertz CT molecular complexity index is 408. The molecule has 0 spiro atoms. The van der Waals surface area contributed by atoms with Crippen molar-refractivity contribution in [3.63, 3.8) is 0 Å². The smallest absolute Gasteiger partial charge is 0.160 e. The highest BCUT2D eigenvalue weighted by Crippen LogP contribution is 2.28. The summed E-state index contributed by atoms with van der Waals surface area (Å²) in [6.45, 7) is 3.77. The number of nitrogens with one attached hydrogen (secondary N) is 1. The lowest BCUT2D eigenvalue weighted by Crippen LogP contribution is -2.47. The van der Waals surface area contributed by atoms with E-state index < -0.39 is 0 Å². The van der Waals surface area contributed by atoms with Crippen molar-refractivity contribution in [3.05, 3.63) is 23.8 Å². The summed E-state index contributed by atoms with van der Waals surface area (Å²) in [6.07, 6.45) is 2.08. The molecule has 0 radical (unpaired) electrons. The van der Waals surface area contributed by atoms with Crippen molar-refractivity contribution < 1.29 is 14.2 Å². The van der Waals surface area contributed by atoms with Crippen LogP contribution in [0.2, 0.25) is 0 Å². The SMILES string of the molecule is COc1ccc(CCC2COCC(C)N2)cc1OC. The number of methoxy groups -OCH3 is 2. The van der Waals surface area contributed by atoms with Gasteiger partial charge in [-0.1, -0.05) is 6.07 Å². The Labute approximate surface area is 115 Å². The molecule has 2 unspecified atom stereocenters. The molecule has 0 saturated carbocycles. The number of ether oxygens (including phenoxy) is 3. The molecular weight excluding hydrogens is 242 g/mol. The molecule has 1 fully saturated rings. The van der Waals surface area contributed by atoms with Gasteiger partial charge < -0.3 is 19.5 Å². The van der Waals surface area contributed by atoms with Gasteiger partial charge in [-0.05, 0) is 37.5 Å². The Balaban J connectivity index is 1.92. The van der Waals surface area contributed by atoms with Gasteiger partial charge in [0.1, 0.15) is 0 Å². The second-order valence-corrected chi connectivity index (χ2v) is 5.03. The molecule has 19 heavy (non-hydrogen) atoms. The minimum atomic E-state index is 0.442. The maximum atomic E-state index is 5.56. The van der Waals surface area contributed by atoms with E-state index in [0.717, 1.165) is 37.6 Å². The minimum absolute atomic E-state index is 0.442. The number of hydrogen-bond donors (Lipinski definition) is 1. The number of benzene rings is 1. The van der Waals surface area contributed by atoms with E-state index in [1.165, 1.54) is 5.56 Å². The molecule has 4 heteroatoms. The first kappa shape index (κ1) is 14.2. The highest BCUT2D eigenvalue weighted by Gasteiger charge is 2.18. The number of aryl methyl sites for hydroxylation is 1. The molecule has 1 aromatic rings. The Morgan fingerprint density at radius 1 is 1.21 bits per heavy atom. The van der Waals surface area contributed by atoms with Crippen LogP contribution in [0.15, 0.2) is 18.2 Å². The maximum absolute atomic E-state index is 5.56. The lowest BCUT2D eigenvalue weighted by Gasteiger charge is -2.29. The second-order valence-electron chi connectivity index (χ2n) is 5.03. The Morgan fingerprint density at radius 3 is 2.68 bits per heavy atom. The van der Waals surface area contributed by atoms with Crippen molar-refractivity contribution in [1.82, 2.24) is 5.32 Å². The molecule has 1 aliphatic rings. The predicted octanol–water partition coefficient (Wildman–Crippen LogP) is 2.01. The van der Waals surface area contributed by atoms with Crippen molar-refractivity contribution in [2.24, 2.45) is 0 Å². The normalized spacial score (nSPS) is 23.1. The van der Waals surface area contributed by atoms with Gasteiger partial charge in [0.15, 0.2) is 11.5 Å². The van der Waals surface area contributed by atoms with Gasteiger partial charge in [-0.25, -0.2) is 0 Å². The van der Waals surface area contributed by atoms with Crippen LogP contribution in [0.1, 0.15) is 18.9 Å². The van der Waals surface area contributed by atoms with E-state index in [-0.39, 0.29) is 0 Å². The molecular formula is C15H23NO3. The molecule has 2 rings (SSSR count). The number of rotatable bonds is 5. The van der Waals surface area contributed by atoms with E-state index in [1.54, 1.807) is 14.2 Å². The highest BCUT2D eigenvalue weighted by molar-refractivity contribution is 5.42. The van der Waals surface area contributed by atoms with Gasteiger partial charge in [0.05, 0.1) is 27.4 Å². The average molecular weight is 265 g/mol. The quantitative estimate of drug-likeness (QED) is 0.884. The van der Waals surface area contributed by atoms with Crippen LogP contribution in [-0.4, -0.2) is 39.5 Å². The van der Waals surface area contributed by atoms with Gasteiger partial charge in [0.25, 0.3) is 0 Å². The Hall–Kier alpha value is -1.26. The molecule has 0 aliphatic carbocycles. The largest absolute Gasteiger partial charge is 0.493 e. The predicted molar refractivity (Wildman–Crippen MR) is 75.1 cm³/mol. The van der Waals surface area contributed by atoms with E-state index in [2.05, 4.69) is 18.3 Å². The molecule has 1 aromatic carbocycles. The summed E-state index contributed by atoms with van der Waals surface area (Å²) in [6, 6.07) is 6.99. The first-order chi connectivity index (χ1) is 9.22. The van der Waals surface area contributed by atoms with Crippen LogP contribution < -0.4 is 14.8 Å². The van der Waals surface area contributed by atoms with Gasteiger partial charge in [-0.2, -0.15) is 0 Å². The monoisotopic (exact) mass is 265 g/mol. The summed E-state index contributed by atoms with van der Waals surface area (Å²) >= 11 is 0. The molecule has 0 amide bonds. The molecule has 2 atom stereocenters. The van der Waals surface area contributed by atoms with Gasteiger partial charge in [0.2, 0.25) is 0 Å². The molecule has 1 saturated heterocycles. The van der Waals surface area contributed by atoms with Crippen LogP contribution in [0.4, 0.5) is 0 Å². The van der Waals surface area contributed by atoms with Gasteiger partial charge in [-0.15, -0.1) is 0 Å². The second kappa shape index (κ2) is 6.78. The standard InChI is InChI=1S/C15H23NO3/c1-11-9-19-10-13(16-11)6-4-12-5-7-14(17-2)15(8-12)18-3/h5,7-8,11,13,16H,4,6,9-10H2,1-3H3. The van der Waals surface area contributed by atoms with Crippen molar-refractivity contribution in [2.45, 2.75) is 31.8 Å². The zero-order chi connectivity index (χ0) is 13.7. The van der Waals surface area contributed by atoms with Crippen LogP contribution >= 0.6 is 0 Å². The maximum Gasteiger partial charge on any atom is 0.160 e. The average Bonchev–Trinajstić information content (AvgIpc) is 2.45. The molecule has 1 aliphatic heterocycles. The van der Waals surface area contributed by atoms with Crippen LogP contribution in [0.5, 0.6) is 11.5 Å². The van der Waals surface area contributed by atoms with E-state index in [1.807, 2.05) is 12.1 Å². The van der Waals surface area contributed by atoms with Gasteiger partial charge >= 0.3 is 0 Å². The third-order valence-electron chi connectivity index (χ3n) is 3.44. The number of morpholine rings is 1. The Kier molecular flexibility index (Phi) is 5.05. The molecule has 106 valence electrons. The van der Waals surface area contributed by atoms with Crippen molar-refractivity contribution in [3.8, 4) is 11.5 Å². The first-order valence-corrected chi connectivity index (χ1v) is 6.77. The molecule has 0 aromatic heterocycles. The summed E-state index contributed by atoms with van der Waals surface area (Å²) in [5.41, 5.74) is 1.26. The summed E-state index contributed by atoms with van der Waals surface area (Å²) in [5, 5.41) is 3.56. The van der Waals surface area contributed by atoms with Crippen molar-refractivity contribution in [2.75, 3.05) is 27.4 Å². The van der Waals surface area contributed by atoms with E-state index in [9.17, 15) is 0 Å². The van der Waals surface area contributed by atoms with E-state index in [4.69, 9.17) is 14.2 Å². The van der Waals surface area contributed by atoms with Crippen LogP contribution in [0.25, 0.3) is 0 Å². The van der Waals surface area contributed by atoms with Crippen LogP contribution in [0.3, 0.4) is 0 Å². The lowest BCUT2D eigenvalue weighted by atomic mass is 10.0. The fourth-order valence-corrected chi connectivity index (χ4v) is 2.43. The van der Waals surface area contributed by atoms with Crippen molar-refractivity contribution >= 4 is 0 Å². The summed E-state index contributed by atoms with van der Waals surface area (Å²) in [4.78, 5) is 0. The van der Waals surface area contributed by atoms with Crippen LogP contribution in [0, 0.1) is 0 Å². The summed E-state index contributed by atoms with van der Waals surface area (Å²) in [5.74, 6) is 1.57. The van der Waals surface area contributed by atoms with E-state index >= 15 is 0 Å². The highest BCUT2D eigenvalue weighted by atomic mass is 16.5. The van der Waals surface area contributed by atoms with E-state index in [0.29, 0.717) is 12.1 Å². The van der Waals surface area contributed by atoms with Crippen LogP contribution in [-0.2, 0) is 11.2 Å². The third kappa shape index (κ3) is 3.85. The lowest BCUT2D eigenvalue weighted by molar-refractivity contribution is 0.0483. The first-order valence-electron chi connectivity index (χ1n) is 6.77. The molecule has 4 nitrogen and oxygen atoms in total. The summed E-state index contributed by atoms with van der Waals surface area (Å²) < 4.78 is 16.1. The fraction of sp³-hybridized carbons (Fsp3) is 0.600. The Morgan fingerprint density at radius 2 is 2.00 bits per heavy atom. The number of hydrogen-bond acceptors (Lipinski definition) is 4. The fourth-order valence-electron chi connectivity index (χ4n) is 2.43. The zero-order valence-electron chi connectivity index (χ0n) is 11.9. The summed E-state index contributed by atoms with van der Waals surface area (Å²) in [7, 11) is 3.32. The molecule has 1 heterocycles. The molecule has 0 bridgehead atoms. The molecule has 1 N–H and O–H groups in total. The van der Waals surface area contributed by atoms with Gasteiger partial charge in [0, 0.05) is 12.1 Å². The van der Waals surface area contributed by atoms with Crippen molar-refractivity contribution in [1.29, 1.82) is 0 Å². The minimum Gasteiger partial charge on any atom is -0.493 e. The third-order valence-corrected chi connectivity index (χ3v) is 3.44. The topological polar surface area (TPSA) is 39.7 Å². The zero-order valence-corrected chi connectivity index (χ0v) is 11.9. The van der Waals surface area contributed by atoms with Gasteiger partial charge in [-0.3, -0.25) is 0 Å².